The summed E-state index contributed by atoms with van der Waals surface area (Å²) in [5.74, 6) is 0.977. The minimum absolute atomic E-state index is 0.0186. The third kappa shape index (κ3) is 7.22. The summed E-state index contributed by atoms with van der Waals surface area (Å²) in [4.78, 5) is 20.7. The van der Waals surface area contributed by atoms with Crippen molar-refractivity contribution in [3.05, 3.63) is 65.4 Å². The van der Waals surface area contributed by atoms with Crippen molar-refractivity contribution in [2.24, 2.45) is 0 Å². The van der Waals surface area contributed by atoms with E-state index in [4.69, 9.17) is 0 Å². The lowest BCUT2D eigenvalue weighted by molar-refractivity contribution is -0.143. The Morgan fingerprint density at radius 1 is 0.800 bits per heavy atom. The molecule has 1 heterocycles. The fourth-order valence-corrected chi connectivity index (χ4v) is 2.98. The van der Waals surface area contributed by atoms with Crippen molar-refractivity contribution in [1.82, 2.24) is 9.97 Å². The van der Waals surface area contributed by atoms with Crippen LogP contribution in [0, 0.1) is 6.92 Å². The highest BCUT2D eigenvalue weighted by molar-refractivity contribution is 6.00. The molecule has 0 spiro atoms. The highest BCUT2D eigenvalue weighted by Gasteiger charge is 2.37. The van der Waals surface area contributed by atoms with E-state index in [1.807, 2.05) is 12.2 Å². The molecule has 186 valence electrons. The quantitative estimate of drug-likeness (QED) is 0.286. The Kier molecular flexibility index (Phi) is 7.37. The second kappa shape index (κ2) is 10.1. The molecular weight excluding hydrogens is 478 g/mol. The second-order valence-corrected chi connectivity index (χ2v) is 7.32. The number of carbonyl (C=O) groups is 1. The van der Waals surface area contributed by atoms with Crippen molar-refractivity contribution in [1.29, 1.82) is 0 Å². The van der Waals surface area contributed by atoms with Crippen LogP contribution >= 0.6 is 0 Å². The number of aromatic nitrogens is 2. The molecule has 35 heavy (non-hydrogen) atoms. The van der Waals surface area contributed by atoms with E-state index in [0.29, 0.717) is 36.1 Å². The number of nitrogens with one attached hydrogen (secondary N) is 4. The molecule has 0 aliphatic carbocycles. The first-order chi connectivity index (χ1) is 16.3. The smallest absolute Gasteiger partial charge is 0.354 e. The average Bonchev–Trinajstić information content (AvgIpc) is 2.73. The van der Waals surface area contributed by atoms with Gasteiger partial charge >= 0.3 is 18.4 Å². The topological polar surface area (TPSA) is 91.0 Å². The second-order valence-electron chi connectivity index (χ2n) is 7.32. The first-order valence-corrected chi connectivity index (χ1v) is 10.2. The summed E-state index contributed by atoms with van der Waals surface area (Å²) in [7, 11) is 0. The van der Waals surface area contributed by atoms with E-state index in [2.05, 4.69) is 25.9 Å². The van der Waals surface area contributed by atoms with Crippen LogP contribution in [0.5, 0.6) is 0 Å². The molecule has 0 unspecified atom stereocenters. The van der Waals surface area contributed by atoms with Gasteiger partial charge in [0.15, 0.2) is 0 Å². The Labute approximate surface area is 196 Å². The van der Waals surface area contributed by atoms with Gasteiger partial charge in [-0.15, -0.1) is 0 Å². The number of halogens is 6. The van der Waals surface area contributed by atoms with Crippen LogP contribution in [0.1, 0.15) is 23.7 Å². The molecule has 3 rings (SSSR count). The number of urea groups is 1. The third-order valence-electron chi connectivity index (χ3n) is 4.45. The number of rotatable bonds is 6. The lowest BCUT2D eigenvalue weighted by atomic mass is 10.1. The summed E-state index contributed by atoms with van der Waals surface area (Å²) in [5, 5.41) is 10.4. The minimum Gasteiger partial charge on any atom is -0.354 e. The Morgan fingerprint density at radius 3 is 1.89 bits per heavy atom. The Bertz CT molecular complexity index is 1160. The number of alkyl halides is 6. The molecule has 0 bridgehead atoms. The highest BCUT2D eigenvalue weighted by atomic mass is 19.4. The largest absolute Gasteiger partial charge is 0.416 e. The zero-order valence-electron chi connectivity index (χ0n) is 18.4. The van der Waals surface area contributed by atoms with E-state index in [1.54, 1.807) is 25.1 Å². The van der Waals surface area contributed by atoms with E-state index in [1.165, 1.54) is 12.1 Å². The number of amides is 2. The van der Waals surface area contributed by atoms with Crippen LogP contribution in [0.25, 0.3) is 0 Å². The SMILES string of the molecule is CCNc1nc(C)cc(Nc2ccc(NC(=O)Nc3cc(C(F)(F)F)cc(C(F)(F)F)c3)cc2)n1. The minimum atomic E-state index is -5.02. The van der Waals surface area contributed by atoms with Crippen molar-refractivity contribution < 1.29 is 31.1 Å². The lowest BCUT2D eigenvalue weighted by Crippen LogP contribution is -2.20. The standard InChI is InChI=1S/C22H20F6N6O/c1-3-29-19-30-12(2)8-18(34-19)31-15-4-6-16(7-5-15)32-20(35)33-17-10-13(21(23,24)25)9-14(11-17)22(26,27)28/h4-11H,3H2,1-2H3,(H2,32,33,35)(H2,29,30,31,34). The van der Waals surface area contributed by atoms with E-state index >= 15 is 0 Å². The third-order valence-corrected chi connectivity index (χ3v) is 4.45. The van der Waals surface area contributed by atoms with Crippen molar-refractivity contribution in [2.75, 3.05) is 27.8 Å². The maximum absolute atomic E-state index is 13.0. The molecule has 1 aromatic heterocycles. The highest BCUT2D eigenvalue weighted by Crippen LogP contribution is 2.37. The maximum atomic E-state index is 13.0. The summed E-state index contributed by atoms with van der Waals surface area (Å²) in [5.41, 5.74) is -2.12. The van der Waals surface area contributed by atoms with Gasteiger partial charge in [0.05, 0.1) is 11.1 Å². The predicted molar refractivity (Wildman–Crippen MR) is 120 cm³/mol. The van der Waals surface area contributed by atoms with Crippen molar-refractivity contribution in [2.45, 2.75) is 26.2 Å². The Hall–Kier alpha value is -4.03. The van der Waals surface area contributed by atoms with Gasteiger partial charge in [-0.3, -0.25) is 0 Å². The molecule has 3 aromatic rings. The Morgan fingerprint density at radius 2 is 1.34 bits per heavy atom. The van der Waals surface area contributed by atoms with Crippen molar-refractivity contribution in [3.63, 3.8) is 0 Å². The van der Waals surface area contributed by atoms with Gasteiger partial charge in [0.25, 0.3) is 0 Å². The molecule has 0 radical (unpaired) electrons. The average molecular weight is 498 g/mol. The number of benzene rings is 2. The van der Waals surface area contributed by atoms with Gasteiger partial charge in [-0.05, 0) is 56.3 Å². The fourth-order valence-electron chi connectivity index (χ4n) is 2.98. The molecule has 0 fully saturated rings. The fraction of sp³-hybridized carbons (Fsp3) is 0.227. The molecule has 2 aromatic carbocycles. The van der Waals surface area contributed by atoms with Crippen LogP contribution in [-0.4, -0.2) is 22.5 Å². The van der Waals surface area contributed by atoms with Crippen LogP contribution < -0.4 is 21.3 Å². The van der Waals surface area contributed by atoms with Crippen LogP contribution in [0.15, 0.2) is 48.5 Å². The van der Waals surface area contributed by atoms with Gasteiger partial charge in [-0.2, -0.15) is 31.3 Å². The van der Waals surface area contributed by atoms with Crippen LogP contribution in [0.2, 0.25) is 0 Å². The molecule has 4 N–H and O–H groups in total. The monoisotopic (exact) mass is 498 g/mol. The summed E-state index contributed by atoms with van der Waals surface area (Å²) >= 11 is 0. The molecule has 0 saturated heterocycles. The molecule has 0 aliphatic rings. The van der Waals surface area contributed by atoms with Crippen LogP contribution in [-0.2, 0) is 12.4 Å². The first-order valence-electron chi connectivity index (χ1n) is 10.2. The number of carbonyl (C=O) groups excluding carboxylic acids is 1. The number of hydrogen-bond donors (Lipinski definition) is 4. The number of aryl methyl sites for hydroxylation is 1. The molecule has 0 saturated carbocycles. The van der Waals surface area contributed by atoms with Gasteiger partial charge in [-0.25, -0.2) is 9.78 Å². The normalized spacial score (nSPS) is 11.7. The van der Waals surface area contributed by atoms with E-state index in [9.17, 15) is 31.1 Å². The van der Waals surface area contributed by atoms with E-state index < -0.39 is 35.2 Å². The van der Waals surface area contributed by atoms with Gasteiger partial charge in [-0.1, -0.05) is 0 Å². The van der Waals surface area contributed by atoms with Gasteiger partial charge in [0.2, 0.25) is 5.95 Å². The molecule has 7 nitrogen and oxygen atoms in total. The number of hydrogen-bond acceptors (Lipinski definition) is 5. The zero-order valence-corrected chi connectivity index (χ0v) is 18.4. The number of anilines is 5. The van der Waals surface area contributed by atoms with Crippen LogP contribution in [0.4, 0.5) is 60.0 Å². The van der Waals surface area contributed by atoms with Crippen molar-refractivity contribution >= 4 is 34.9 Å². The Balaban J connectivity index is 1.69. The first kappa shape index (κ1) is 25.6. The van der Waals surface area contributed by atoms with Gasteiger partial charge in [0.1, 0.15) is 5.82 Å². The lowest BCUT2D eigenvalue weighted by Gasteiger charge is -2.15. The maximum Gasteiger partial charge on any atom is 0.416 e. The van der Waals surface area contributed by atoms with E-state index in [-0.39, 0.29) is 11.8 Å². The zero-order chi connectivity index (χ0) is 25.8. The van der Waals surface area contributed by atoms with Crippen LogP contribution in [0.3, 0.4) is 0 Å². The summed E-state index contributed by atoms with van der Waals surface area (Å²) in [6.07, 6.45) is -10.0. The predicted octanol–water partition coefficient (Wildman–Crippen LogP) is 6.64. The molecule has 13 heteroatoms. The molecule has 2 amide bonds. The summed E-state index contributed by atoms with van der Waals surface area (Å²) in [6, 6.07) is 7.74. The number of nitrogens with zero attached hydrogens (tertiary/aromatic N) is 2. The molecular formula is C22H20F6N6O. The van der Waals surface area contributed by atoms with Crippen molar-refractivity contribution in [3.8, 4) is 0 Å². The van der Waals surface area contributed by atoms with E-state index in [0.717, 1.165) is 5.69 Å². The van der Waals surface area contributed by atoms with Gasteiger partial charge < -0.3 is 21.3 Å². The van der Waals surface area contributed by atoms with Gasteiger partial charge in [0, 0.05) is 35.4 Å². The summed E-state index contributed by atoms with van der Waals surface area (Å²) in [6.45, 7) is 4.35. The summed E-state index contributed by atoms with van der Waals surface area (Å²) < 4.78 is 77.9. The molecule has 0 atom stereocenters. The molecule has 0 aliphatic heterocycles.